The lowest BCUT2D eigenvalue weighted by molar-refractivity contribution is 0.0674. The van der Waals surface area contributed by atoms with Gasteiger partial charge in [-0.2, -0.15) is 5.10 Å². The van der Waals surface area contributed by atoms with Gasteiger partial charge in [0.2, 0.25) is 5.95 Å². The molecule has 1 atom stereocenters. The van der Waals surface area contributed by atoms with E-state index < -0.39 is 25.0 Å². The Morgan fingerprint density at radius 3 is 2.53 bits per heavy atom. The summed E-state index contributed by atoms with van der Waals surface area (Å²) in [5, 5.41) is 9.93. The van der Waals surface area contributed by atoms with Crippen molar-refractivity contribution in [1.82, 2.24) is 30.0 Å². The Hall–Kier alpha value is -3.38. The minimum atomic E-state index is -3.02. The maximum atomic E-state index is 12.8. The Balaban J connectivity index is 1.48. The van der Waals surface area contributed by atoms with Crippen LogP contribution < -0.4 is 15.5 Å². The predicted octanol–water partition coefficient (Wildman–Crippen LogP) is 3.36. The summed E-state index contributed by atoms with van der Waals surface area (Å²) < 4.78 is 39.6. The van der Waals surface area contributed by atoms with E-state index in [9.17, 15) is 18.0 Å². The van der Waals surface area contributed by atoms with Crippen molar-refractivity contribution in [1.29, 1.82) is 0 Å². The highest BCUT2D eigenvalue weighted by Crippen LogP contribution is 2.30. The third kappa shape index (κ3) is 5.88. The van der Waals surface area contributed by atoms with Gasteiger partial charge in [-0.3, -0.25) is 9.48 Å². The number of rotatable bonds is 8. The lowest BCUT2D eigenvalue weighted by Gasteiger charge is -2.34. The van der Waals surface area contributed by atoms with Crippen molar-refractivity contribution >= 4 is 34.8 Å². The number of carbonyl (C=O) groups is 1. The molecule has 1 aromatic carbocycles. The van der Waals surface area contributed by atoms with Crippen LogP contribution in [0.5, 0.6) is 0 Å². The molecule has 0 bridgehead atoms. The number of likely N-dealkylation sites (N-methyl/N-ethyl adjacent to an activating group) is 1. The van der Waals surface area contributed by atoms with Crippen LogP contribution in [0, 0.1) is 0 Å². The van der Waals surface area contributed by atoms with Crippen LogP contribution in [0.2, 0.25) is 5.02 Å². The van der Waals surface area contributed by atoms with Crippen LogP contribution in [0.25, 0.3) is 11.4 Å². The second-order valence-corrected chi connectivity index (χ2v) is 8.86. The Morgan fingerprint density at radius 2 is 1.86 bits per heavy atom. The maximum Gasteiger partial charge on any atom is 0.270 e. The number of halogens is 4. The van der Waals surface area contributed by atoms with Crippen LogP contribution >= 0.6 is 11.6 Å². The first-order valence-corrected chi connectivity index (χ1v) is 11.7. The highest BCUT2D eigenvalue weighted by Gasteiger charge is 2.25. The van der Waals surface area contributed by atoms with Gasteiger partial charge in [0.1, 0.15) is 24.1 Å². The Bertz CT molecular complexity index is 1220. The molecule has 0 saturated carbocycles. The van der Waals surface area contributed by atoms with E-state index in [1.807, 2.05) is 17.4 Å². The Labute approximate surface area is 211 Å². The number of aryl methyl sites for hydroxylation is 1. The van der Waals surface area contributed by atoms with E-state index in [4.69, 9.17) is 11.6 Å². The zero-order valence-electron chi connectivity index (χ0n) is 19.8. The van der Waals surface area contributed by atoms with E-state index in [-0.39, 0.29) is 11.6 Å². The molecule has 1 aliphatic heterocycles. The average molecular weight is 523 g/mol. The van der Waals surface area contributed by atoms with Crippen molar-refractivity contribution in [2.45, 2.75) is 12.5 Å². The first kappa shape index (κ1) is 25.7. The molecule has 2 N–H and O–H groups in total. The summed E-state index contributed by atoms with van der Waals surface area (Å²) in [5.74, 6) is -0.579. The van der Waals surface area contributed by atoms with Gasteiger partial charge >= 0.3 is 0 Å². The molecule has 36 heavy (non-hydrogen) atoms. The predicted molar refractivity (Wildman–Crippen MR) is 132 cm³/mol. The van der Waals surface area contributed by atoms with E-state index in [1.54, 1.807) is 12.1 Å². The molecule has 13 heteroatoms. The first-order valence-electron chi connectivity index (χ1n) is 11.3. The molecule has 1 saturated heterocycles. The highest BCUT2D eigenvalue weighted by molar-refractivity contribution is 6.33. The van der Waals surface area contributed by atoms with Gasteiger partial charge in [0, 0.05) is 45.1 Å². The second-order valence-electron chi connectivity index (χ2n) is 8.45. The van der Waals surface area contributed by atoms with Crippen molar-refractivity contribution in [2.24, 2.45) is 7.05 Å². The number of carbonyl (C=O) groups excluding carboxylic acids is 1. The second kappa shape index (κ2) is 11.1. The quantitative estimate of drug-likeness (QED) is 0.469. The summed E-state index contributed by atoms with van der Waals surface area (Å²) in [5.41, 5.74) is 2.37. The number of hydrogen-bond donors (Lipinski definition) is 2. The number of nitrogens with one attached hydrogen (secondary N) is 2. The molecule has 1 aliphatic rings. The lowest BCUT2D eigenvalue weighted by Crippen LogP contribution is -2.44. The largest absolute Gasteiger partial charge is 0.368 e. The molecular weight excluding hydrogens is 497 g/mol. The van der Waals surface area contributed by atoms with E-state index >= 15 is 0 Å². The Morgan fingerprint density at radius 1 is 1.11 bits per heavy atom. The van der Waals surface area contributed by atoms with Crippen LogP contribution in [0.4, 0.5) is 30.5 Å². The highest BCUT2D eigenvalue weighted by atomic mass is 35.5. The normalized spacial score (nSPS) is 15.2. The SMILES string of the molecule is CN1CCN(c2ccc(Nc3nccc(-c4cc(C(=O)N[C@@H](CF)C(F)F)n(C)n4)n3)cc2Cl)CC1. The van der Waals surface area contributed by atoms with Gasteiger partial charge in [0.25, 0.3) is 12.3 Å². The summed E-state index contributed by atoms with van der Waals surface area (Å²) in [7, 11) is 3.57. The van der Waals surface area contributed by atoms with E-state index in [0.717, 1.165) is 31.9 Å². The minimum absolute atomic E-state index is 0.0106. The number of nitrogens with zero attached hydrogens (tertiary/aromatic N) is 6. The van der Waals surface area contributed by atoms with Crippen molar-refractivity contribution in [3.8, 4) is 11.4 Å². The number of amides is 1. The van der Waals surface area contributed by atoms with Gasteiger partial charge in [-0.25, -0.2) is 23.1 Å². The van der Waals surface area contributed by atoms with Gasteiger partial charge in [-0.15, -0.1) is 0 Å². The fourth-order valence-electron chi connectivity index (χ4n) is 3.80. The topological polar surface area (TPSA) is 91.2 Å². The molecule has 9 nitrogen and oxygen atoms in total. The smallest absolute Gasteiger partial charge is 0.270 e. The van der Waals surface area contributed by atoms with E-state index in [0.29, 0.717) is 22.1 Å². The standard InChI is InChI=1S/C23H26ClF3N8O/c1-33-7-9-35(10-8-33)19-4-3-14(11-15(19)24)29-23-28-6-5-16(31-23)17-12-20(34(2)32-17)22(36)30-18(13-25)21(26)27/h3-6,11-12,18,21H,7-10,13H2,1-2H3,(H,30,36)(H,28,29,31)/t18-/m0/s1. The van der Waals surface area contributed by atoms with Gasteiger partial charge in [0.15, 0.2) is 0 Å². The molecule has 0 spiro atoms. The molecule has 0 radical (unpaired) electrons. The molecule has 3 aromatic rings. The maximum absolute atomic E-state index is 12.8. The number of hydrogen-bond acceptors (Lipinski definition) is 7. The summed E-state index contributed by atoms with van der Waals surface area (Å²) in [6.07, 6.45) is -1.50. The van der Waals surface area contributed by atoms with Crippen LogP contribution in [0.15, 0.2) is 36.5 Å². The van der Waals surface area contributed by atoms with Crippen molar-refractivity contribution in [3.05, 3.63) is 47.2 Å². The molecule has 4 rings (SSSR count). The van der Waals surface area contributed by atoms with Crippen LogP contribution in [0.3, 0.4) is 0 Å². The molecule has 3 heterocycles. The average Bonchev–Trinajstić information content (AvgIpc) is 3.25. The van der Waals surface area contributed by atoms with Gasteiger partial charge in [0.05, 0.1) is 16.4 Å². The molecule has 1 amide bonds. The number of benzene rings is 1. The molecular formula is C23H26ClF3N8O. The van der Waals surface area contributed by atoms with Crippen molar-refractivity contribution in [2.75, 3.05) is 50.1 Å². The fourth-order valence-corrected chi connectivity index (χ4v) is 4.10. The molecule has 0 aliphatic carbocycles. The first-order chi connectivity index (χ1) is 17.2. The van der Waals surface area contributed by atoms with Crippen LogP contribution in [-0.4, -0.2) is 82.9 Å². The number of alkyl halides is 3. The van der Waals surface area contributed by atoms with Gasteiger partial charge in [-0.1, -0.05) is 11.6 Å². The summed E-state index contributed by atoms with van der Waals surface area (Å²) in [4.78, 5) is 25.5. The van der Waals surface area contributed by atoms with Gasteiger partial charge < -0.3 is 20.4 Å². The zero-order chi connectivity index (χ0) is 25.8. The molecule has 2 aromatic heterocycles. The minimum Gasteiger partial charge on any atom is -0.368 e. The molecule has 1 fully saturated rings. The molecule has 0 unspecified atom stereocenters. The number of anilines is 3. The summed E-state index contributed by atoms with van der Waals surface area (Å²) in [6, 6.07) is 6.75. The fraction of sp³-hybridized carbons (Fsp3) is 0.391. The monoisotopic (exact) mass is 522 g/mol. The van der Waals surface area contributed by atoms with Crippen LogP contribution in [-0.2, 0) is 7.05 Å². The van der Waals surface area contributed by atoms with E-state index in [1.165, 1.54) is 24.0 Å². The third-order valence-electron chi connectivity index (χ3n) is 5.87. The van der Waals surface area contributed by atoms with Gasteiger partial charge in [-0.05, 0) is 37.4 Å². The van der Waals surface area contributed by atoms with E-state index in [2.05, 4.69) is 37.2 Å². The lowest BCUT2D eigenvalue weighted by atomic mass is 10.2. The zero-order valence-corrected chi connectivity index (χ0v) is 20.5. The summed E-state index contributed by atoms with van der Waals surface area (Å²) in [6.45, 7) is 2.35. The van der Waals surface area contributed by atoms with Crippen molar-refractivity contribution < 1.29 is 18.0 Å². The van der Waals surface area contributed by atoms with Crippen LogP contribution in [0.1, 0.15) is 10.5 Å². The number of piperazine rings is 1. The van der Waals surface area contributed by atoms with Crippen molar-refractivity contribution in [3.63, 3.8) is 0 Å². The Kier molecular flexibility index (Phi) is 7.94. The summed E-state index contributed by atoms with van der Waals surface area (Å²) >= 11 is 6.55. The third-order valence-corrected chi connectivity index (χ3v) is 6.17. The molecule has 192 valence electrons. The number of aromatic nitrogens is 4.